The molecule has 0 atom stereocenters. The Bertz CT molecular complexity index is 2610. The van der Waals surface area contributed by atoms with Gasteiger partial charge in [-0.2, -0.15) is 0 Å². The van der Waals surface area contributed by atoms with Gasteiger partial charge >= 0.3 is 0 Å². The molecule has 0 aliphatic carbocycles. The second-order valence-corrected chi connectivity index (χ2v) is 13.4. The first kappa shape index (κ1) is 32.0. The molecule has 1 heteroatoms. The molecule has 0 fully saturated rings. The van der Waals surface area contributed by atoms with E-state index in [1.165, 1.54) is 66.4 Å². The normalized spacial score (nSPS) is 11.0. The molecule has 0 aliphatic heterocycles. The van der Waals surface area contributed by atoms with Gasteiger partial charge in [0.15, 0.2) is 0 Å². The van der Waals surface area contributed by atoms with Crippen LogP contribution in [0.15, 0.2) is 224 Å². The van der Waals surface area contributed by atoms with Crippen LogP contribution in [0.3, 0.4) is 0 Å². The molecule has 0 bridgehead atoms. The topological polar surface area (TPSA) is 3.24 Å². The Hall–Kier alpha value is -6.96. The molecule has 0 radical (unpaired) electrons. The van der Waals surface area contributed by atoms with Crippen molar-refractivity contribution in [2.75, 3.05) is 4.90 Å². The fourth-order valence-electron chi connectivity index (χ4n) is 7.41. The van der Waals surface area contributed by atoms with Crippen LogP contribution in [0.4, 0.5) is 17.1 Å². The van der Waals surface area contributed by atoms with Crippen LogP contribution in [-0.4, -0.2) is 0 Å². The number of para-hydroxylation sites is 1. The highest BCUT2D eigenvalue weighted by Gasteiger charge is 2.15. The molecule has 0 N–H and O–H groups in total. The number of fused-ring (bicyclic) bond motifs is 1. The lowest BCUT2D eigenvalue weighted by Gasteiger charge is -2.26. The highest BCUT2D eigenvalue weighted by Crippen LogP contribution is 2.39. The molecule has 0 saturated heterocycles. The summed E-state index contributed by atoms with van der Waals surface area (Å²) in [6.45, 7) is 0. The monoisotopic (exact) mass is 675 g/mol. The zero-order valence-electron chi connectivity index (χ0n) is 29.3. The Labute approximate surface area is 311 Å². The highest BCUT2D eigenvalue weighted by atomic mass is 15.1. The summed E-state index contributed by atoms with van der Waals surface area (Å²) < 4.78 is 0. The average Bonchev–Trinajstić information content (AvgIpc) is 3.25. The number of hydrogen-bond donors (Lipinski definition) is 0. The number of nitrogens with zero attached hydrogens (tertiary/aromatic N) is 1. The van der Waals surface area contributed by atoms with E-state index < -0.39 is 0 Å². The molecule has 0 heterocycles. The molecule has 0 aliphatic rings. The Morgan fingerprint density at radius 3 is 1.21 bits per heavy atom. The third-order valence-electron chi connectivity index (χ3n) is 10.1. The summed E-state index contributed by atoms with van der Waals surface area (Å²) in [5, 5.41) is 2.49. The van der Waals surface area contributed by atoms with Gasteiger partial charge in [0.1, 0.15) is 0 Å². The molecular weight excluding hydrogens is 639 g/mol. The van der Waals surface area contributed by atoms with Gasteiger partial charge in [0.25, 0.3) is 0 Å². The third-order valence-corrected chi connectivity index (χ3v) is 10.1. The number of anilines is 3. The van der Waals surface area contributed by atoms with Gasteiger partial charge in [-0.1, -0.05) is 176 Å². The van der Waals surface area contributed by atoms with E-state index in [0.29, 0.717) is 0 Å². The molecule has 9 rings (SSSR count). The molecule has 0 saturated carbocycles. The van der Waals surface area contributed by atoms with E-state index in [2.05, 4.69) is 229 Å². The van der Waals surface area contributed by atoms with Crippen LogP contribution in [0.1, 0.15) is 0 Å². The molecule has 9 aromatic carbocycles. The van der Waals surface area contributed by atoms with E-state index in [-0.39, 0.29) is 0 Å². The lowest BCUT2D eigenvalue weighted by molar-refractivity contribution is 1.28. The minimum absolute atomic E-state index is 1.11. The summed E-state index contributed by atoms with van der Waals surface area (Å²) in [5.41, 5.74) is 15.5. The zero-order chi connectivity index (χ0) is 35.4. The Morgan fingerprint density at radius 2 is 0.604 bits per heavy atom. The molecule has 0 amide bonds. The largest absolute Gasteiger partial charge is 0.311 e. The smallest absolute Gasteiger partial charge is 0.0462 e. The lowest BCUT2D eigenvalue weighted by Crippen LogP contribution is -2.09. The van der Waals surface area contributed by atoms with Crippen molar-refractivity contribution in [2.45, 2.75) is 0 Å². The van der Waals surface area contributed by atoms with E-state index >= 15 is 0 Å². The summed E-state index contributed by atoms with van der Waals surface area (Å²) in [4.78, 5) is 2.33. The van der Waals surface area contributed by atoms with Crippen molar-refractivity contribution >= 4 is 27.8 Å². The maximum atomic E-state index is 2.33. The van der Waals surface area contributed by atoms with E-state index in [1.54, 1.807) is 0 Å². The molecule has 1 nitrogen and oxygen atoms in total. The second-order valence-electron chi connectivity index (χ2n) is 13.4. The van der Waals surface area contributed by atoms with Crippen molar-refractivity contribution < 1.29 is 0 Å². The van der Waals surface area contributed by atoms with Crippen LogP contribution >= 0.6 is 0 Å². The quantitative estimate of drug-likeness (QED) is 0.155. The van der Waals surface area contributed by atoms with Gasteiger partial charge in [0, 0.05) is 17.1 Å². The minimum atomic E-state index is 1.11. The highest BCUT2D eigenvalue weighted by molar-refractivity contribution is 6.00. The van der Waals surface area contributed by atoms with Crippen molar-refractivity contribution in [1.29, 1.82) is 0 Å². The van der Waals surface area contributed by atoms with Gasteiger partial charge < -0.3 is 4.90 Å². The standard InChI is InChI=1S/C52H37N/c1-4-14-38(15-5-1)45-36-44-18-10-11-23-51(44)52(37-45)43-30-34-48(35-31-43)53(46-19-8-3-9-20-46)47-32-28-40(29-33-47)39-24-26-42(27-25-39)50-22-13-12-21-49(50)41-16-6-2-7-17-41/h1-37H. The first-order valence-corrected chi connectivity index (χ1v) is 18.2. The van der Waals surface area contributed by atoms with Crippen molar-refractivity contribution in [3.63, 3.8) is 0 Å². The number of hydrogen-bond acceptors (Lipinski definition) is 1. The van der Waals surface area contributed by atoms with Crippen molar-refractivity contribution in [3.8, 4) is 55.6 Å². The number of rotatable bonds is 8. The molecule has 0 aromatic heterocycles. The van der Waals surface area contributed by atoms with Crippen LogP contribution in [0.5, 0.6) is 0 Å². The van der Waals surface area contributed by atoms with Crippen molar-refractivity contribution in [2.24, 2.45) is 0 Å². The Balaban J connectivity index is 1.03. The van der Waals surface area contributed by atoms with Crippen LogP contribution in [0.2, 0.25) is 0 Å². The summed E-state index contributed by atoms with van der Waals surface area (Å²) in [5.74, 6) is 0. The van der Waals surface area contributed by atoms with Crippen LogP contribution in [0, 0.1) is 0 Å². The van der Waals surface area contributed by atoms with Crippen molar-refractivity contribution in [1.82, 2.24) is 0 Å². The summed E-state index contributed by atoms with van der Waals surface area (Å²) in [6.07, 6.45) is 0. The van der Waals surface area contributed by atoms with E-state index in [1.807, 2.05) is 0 Å². The van der Waals surface area contributed by atoms with Gasteiger partial charge in [-0.05, 0) is 115 Å². The lowest BCUT2D eigenvalue weighted by atomic mass is 9.93. The Kier molecular flexibility index (Phi) is 8.66. The second kappa shape index (κ2) is 14.3. The fraction of sp³-hybridized carbons (Fsp3) is 0. The third kappa shape index (κ3) is 6.53. The predicted molar refractivity (Wildman–Crippen MR) is 226 cm³/mol. The molecule has 250 valence electrons. The molecule has 9 aromatic rings. The molecule has 0 unspecified atom stereocenters. The molecular formula is C52H37N. The predicted octanol–water partition coefficient (Wildman–Crippen LogP) is 14.6. The zero-order valence-corrected chi connectivity index (χ0v) is 29.3. The van der Waals surface area contributed by atoms with E-state index in [4.69, 9.17) is 0 Å². The summed E-state index contributed by atoms with van der Waals surface area (Å²) in [6, 6.07) is 80.7. The van der Waals surface area contributed by atoms with Crippen LogP contribution < -0.4 is 4.90 Å². The van der Waals surface area contributed by atoms with Gasteiger partial charge in [-0.25, -0.2) is 0 Å². The van der Waals surface area contributed by atoms with Crippen LogP contribution in [-0.2, 0) is 0 Å². The summed E-state index contributed by atoms with van der Waals surface area (Å²) >= 11 is 0. The van der Waals surface area contributed by atoms with E-state index in [0.717, 1.165) is 17.1 Å². The average molecular weight is 676 g/mol. The Morgan fingerprint density at radius 1 is 0.226 bits per heavy atom. The van der Waals surface area contributed by atoms with Gasteiger partial charge in [0.2, 0.25) is 0 Å². The molecule has 53 heavy (non-hydrogen) atoms. The fourth-order valence-corrected chi connectivity index (χ4v) is 7.41. The summed E-state index contributed by atoms with van der Waals surface area (Å²) in [7, 11) is 0. The minimum Gasteiger partial charge on any atom is -0.311 e. The molecule has 0 spiro atoms. The maximum absolute atomic E-state index is 2.33. The van der Waals surface area contributed by atoms with Gasteiger partial charge in [-0.15, -0.1) is 0 Å². The van der Waals surface area contributed by atoms with E-state index in [9.17, 15) is 0 Å². The van der Waals surface area contributed by atoms with Gasteiger partial charge in [0.05, 0.1) is 0 Å². The van der Waals surface area contributed by atoms with Crippen molar-refractivity contribution in [3.05, 3.63) is 224 Å². The SMILES string of the molecule is c1ccc(-c2cc(-c3ccc(N(c4ccccc4)c4ccc(-c5ccc(-c6ccccc6-c6ccccc6)cc5)cc4)cc3)c3ccccc3c2)cc1. The van der Waals surface area contributed by atoms with Gasteiger partial charge in [-0.3, -0.25) is 0 Å². The first-order chi connectivity index (χ1) is 26.3. The number of benzene rings is 9. The first-order valence-electron chi connectivity index (χ1n) is 18.2. The maximum Gasteiger partial charge on any atom is 0.0462 e. The van der Waals surface area contributed by atoms with Crippen LogP contribution in [0.25, 0.3) is 66.4 Å².